The van der Waals surface area contributed by atoms with Crippen LogP contribution in [-0.4, -0.2) is 42.6 Å². The lowest BCUT2D eigenvalue weighted by Crippen LogP contribution is -2.21. The number of anilines is 1. The van der Waals surface area contributed by atoms with Crippen molar-refractivity contribution in [2.45, 2.75) is 0 Å². The van der Waals surface area contributed by atoms with Crippen LogP contribution >= 0.6 is 0 Å². The molecule has 6 heteroatoms. The number of nitrogens with zero attached hydrogens (tertiary/aromatic N) is 2. The number of aromatic nitrogens is 1. The number of rotatable bonds is 6. The highest BCUT2D eigenvalue weighted by atomic mass is 16.5. The number of para-hydroxylation sites is 1. The minimum Gasteiger partial charge on any atom is -0.492 e. The monoisotopic (exact) mass is 365 g/mol. The van der Waals surface area contributed by atoms with E-state index < -0.39 is 0 Å². The molecule has 1 amide bonds. The average Bonchev–Trinajstić information content (AvgIpc) is 2.64. The molecular formula is C21H23N3O3. The molecule has 0 saturated heterocycles. The van der Waals surface area contributed by atoms with Gasteiger partial charge in [-0.15, -0.1) is 0 Å². The van der Waals surface area contributed by atoms with Crippen molar-refractivity contribution < 1.29 is 9.53 Å². The van der Waals surface area contributed by atoms with Crippen molar-refractivity contribution >= 4 is 22.5 Å². The van der Waals surface area contributed by atoms with Gasteiger partial charge in [-0.3, -0.25) is 9.59 Å². The molecule has 0 atom stereocenters. The van der Waals surface area contributed by atoms with Gasteiger partial charge in [0.25, 0.3) is 11.5 Å². The van der Waals surface area contributed by atoms with Crippen molar-refractivity contribution in [1.82, 2.24) is 9.47 Å². The maximum atomic E-state index is 12.8. The normalized spacial score (nSPS) is 11.0. The van der Waals surface area contributed by atoms with Gasteiger partial charge < -0.3 is 19.5 Å². The van der Waals surface area contributed by atoms with E-state index in [0.717, 1.165) is 17.4 Å². The summed E-state index contributed by atoms with van der Waals surface area (Å²) in [5, 5.41) is 3.59. The van der Waals surface area contributed by atoms with Crippen molar-refractivity contribution in [1.29, 1.82) is 0 Å². The number of hydrogen-bond acceptors (Lipinski definition) is 4. The lowest BCUT2D eigenvalue weighted by atomic mass is 10.1. The molecule has 27 heavy (non-hydrogen) atoms. The quantitative estimate of drug-likeness (QED) is 0.730. The van der Waals surface area contributed by atoms with Crippen LogP contribution in [0.1, 0.15) is 10.4 Å². The van der Waals surface area contributed by atoms with Crippen LogP contribution in [0.4, 0.5) is 5.69 Å². The van der Waals surface area contributed by atoms with Gasteiger partial charge in [0, 0.05) is 36.8 Å². The number of carbonyl (C=O) groups excluding carboxylic acids is 1. The summed E-state index contributed by atoms with van der Waals surface area (Å²) in [4.78, 5) is 27.0. The third-order valence-corrected chi connectivity index (χ3v) is 4.30. The number of ether oxygens (including phenoxy) is 1. The van der Waals surface area contributed by atoms with Gasteiger partial charge in [0.05, 0.1) is 11.1 Å². The van der Waals surface area contributed by atoms with E-state index in [0.29, 0.717) is 23.6 Å². The lowest BCUT2D eigenvalue weighted by Gasteiger charge is -2.13. The Hall–Kier alpha value is -3.12. The first kappa shape index (κ1) is 18.7. The molecule has 6 nitrogen and oxygen atoms in total. The smallest absolute Gasteiger partial charge is 0.256 e. The van der Waals surface area contributed by atoms with Crippen LogP contribution in [0.15, 0.2) is 59.4 Å². The Balaban J connectivity index is 1.83. The Bertz CT molecular complexity index is 1020. The van der Waals surface area contributed by atoms with Gasteiger partial charge in [-0.2, -0.15) is 0 Å². The van der Waals surface area contributed by atoms with E-state index in [1.54, 1.807) is 19.2 Å². The summed E-state index contributed by atoms with van der Waals surface area (Å²) in [6, 6.07) is 16.0. The first-order valence-electron chi connectivity index (χ1n) is 8.73. The van der Waals surface area contributed by atoms with Gasteiger partial charge in [0.2, 0.25) is 0 Å². The van der Waals surface area contributed by atoms with Crippen molar-refractivity contribution in [2.24, 2.45) is 7.05 Å². The molecule has 0 aliphatic carbocycles. The standard InChI is InChI=1S/C21H23N3O3/c1-23(2)11-12-27-16-8-6-7-15(13-16)22-21(26)18-14-20(25)24(3)19-10-5-4-9-17(18)19/h4-10,13-14H,11-12H2,1-3H3,(H,22,26). The molecule has 0 aliphatic heterocycles. The molecule has 140 valence electrons. The first-order chi connectivity index (χ1) is 13.0. The Kier molecular flexibility index (Phi) is 5.57. The molecule has 0 bridgehead atoms. The van der Waals surface area contributed by atoms with Gasteiger partial charge in [-0.1, -0.05) is 24.3 Å². The maximum Gasteiger partial charge on any atom is 0.256 e. The summed E-state index contributed by atoms with van der Waals surface area (Å²) in [7, 11) is 5.66. The van der Waals surface area contributed by atoms with E-state index in [1.165, 1.54) is 10.6 Å². The third kappa shape index (κ3) is 4.35. The number of pyridine rings is 1. The van der Waals surface area contributed by atoms with Gasteiger partial charge >= 0.3 is 0 Å². The predicted molar refractivity (Wildman–Crippen MR) is 108 cm³/mol. The molecule has 0 unspecified atom stereocenters. The molecule has 0 aliphatic rings. The SMILES string of the molecule is CN(C)CCOc1cccc(NC(=O)c2cc(=O)n(C)c3ccccc23)c1. The zero-order valence-electron chi connectivity index (χ0n) is 15.7. The number of hydrogen-bond donors (Lipinski definition) is 1. The number of fused-ring (bicyclic) bond motifs is 1. The molecule has 0 fully saturated rings. The van der Waals surface area contributed by atoms with E-state index in [9.17, 15) is 9.59 Å². The van der Waals surface area contributed by atoms with Crippen LogP contribution in [0.2, 0.25) is 0 Å². The third-order valence-electron chi connectivity index (χ3n) is 4.30. The summed E-state index contributed by atoms with van der Waals surface area (Å²) >= 11 is 0. The van der Waals surface area contributed by atoms with Crippen LogP contribution < -0.4 is 15.6 Å². The molecule has 0 saturated carbocycles. The Labute approximate surface area is 158 Å². The lowest BCUT2D eigenvalue weighted by molar-refractivity contribution is 0.102. The molecule has 0 radical (unpaired) electrons. The Morgan fingerprint density at radius 3 is 2.67 bits per heavy atom. The number of amides is 1. The fourth-order valence-corrected chi connectivity index (χ4v) is 2.81. The zero-order valence-corrected chi connectivity index (χ0v) is 15.7. The fourth-order valence-electron chi connectivity index (χ4n) is 2.81. The van der Waals surface area contributed by atoms with E-state index in [1.807, 2.05) is 55.4 Å². The van der Waals surface area contributed by atoms with Gasteiger partial charge in [-0.25, -0.2) is 0 Å². The maximum absolute atomic E-state index is 12.8. The van der Waals surface area contributed by atoms with Gasteiger partial charge in [0.1, 0.15) is 12.4 Å². The van der Waals surface area contributed by atoms with E-state index in [-0.39, 0.29) is 11.5 Å². The van der Waals surface area contributed by atoms with Gasteiger partial charge in [-0.05, 0) is 32.3 Å². The van der Waals surface area contributed by atoms with Crippen LogP contribution in [-0.2, 0) is 7.05 Å². The molecule has 1 aromatic heterocycles. The molecule has 3 aromatic rings. The van der Waals surface area contributed by atoms with E-state index in [4.69, 9.17) is 4.74 Å². The fraction of sp³-hybridized carbons (Fsp3) is 0.238. The number of likely N-dealkylation sites (N-methyl/N-ethyl adjacent to an activating group) is 1. The first-order valence-corrected chi connectivity index (χ1v) is 8.73. The Morgan fingerprint density at radius 2 is 1.89 bits per heavy atom. The zero-order chi connectivity index (χ0) is 19.4. The van der Waals surface area contributed by atoms with Crippen LogP contribution in [0.5, 0.6) is 5.75 Å². The molecule has 1 heterocycles. The average molecular weight is 365 g/mol. The highest BCUT2D eigenvalue weighted by Crippen LogP contribution is 2.20. The highest BCUT2D eigenvalue weighted by molar-refractivity contribution is 6.12. The largest absolute Gasteiger partial charge is 0.492 e. The second kappa shape index (κ2) is 8.05. The molecule has 3 rings (SSSR count). The van der Waals surface area contributed by atoms with Crippen molar-refractivity contribution in [3.63, 3.8) is 0 Å². The van der Waals surface area contributed by atoms with Crippen LogP contribution in [0.25, 0.3) is 10.9 Å². The van der Waals surface area contributed by atoms with Crippen molar-refractivity contribution in [3.05, 3.63) is 70.5 Å². The van der Waals surface area contributed by atoms with Crippen molar-refractivity contribution in [3.8, 4) is 5.75 Å². The summed E-state index contributed by atoms with van der Waals surface area (Å²) in [5.41, 5.74) is 1.47. The second-order valence-electron chi connectivity index (χ2n) is 6.61. The number of aryl methyl sites for hydroxylation is 1. The minimum absolute atomic E-state index is 0.223. The number of nitrogens with one attached hydrogen (secondary N) is 1. The molecular weight excluding hydrogens is 342 g/mol. The number of carbonyl (C=O) groups is 1. The highest BCUT2D eigenvalue weighted by Gasteiger charge is 2.14. The molecule has 2 aromatic carbocycles. The predicted octanol–water partition coefficient (Wildman–Crippen LogP) is 2.73. The Morgan fingerprint density at radius 1 is 1.11 bits per heavy atom. The molecule has 0 spiro atoms. The van der Waals surface area contributed by atoms with Crippen LogP contribution in [0, 0.1) is 0 Å². The van der Waals surface area contributed by atoms with Gasteiger partial charge in [0.15, 0.2) is 0 Å². The summed E-state index contributed by atoms with van der Waals surface area (Å²) in [5.74, 6) is 0.359. The molecule has 1 N–H and O–H groups in total. The minimum atomic E-state index is -0.325. The second-order valence-corrected chi connectivity index (χ2v) is 6.61. The summed E-state index contributed by atoms with van der Waals surface area (Å²) in [6.45, 7) is 1.36. The van der Waals surface area contributed by atoms with Crippen LogP contribution in [0.3, 0.4) is 0 Å². The summed E-state index contributed by atoms with van der Waals surface area (Å²) < 4.78 is 7.24. The summed E-state index contributed by atoms with van der Waals surface area (Å²) in [6.07, 6.45) is 0. The van der Waals surface area contributed by atoms with Crippen molar-refractivity contribution in [2.75, 3.05) is 32.6 Å². The number of benzene rings is 2. The van der Waals surface area contributed by atoms with E-state index in [2.05, 4.69) is 5.32 Å². The van der Waals surface area contributed by atoms with E-state index >= 15 is 0 Å². The topological polar surface area (TPSA) is 63.6 Å².